The molecule has 1 fully saturated rings. The molecule has 116 valence electrons. The van der Waals surface area contributed by atoms with Crippen LogP contribution < -0.4 is 11.1 Å². The zero-order valence-electron chi connectivity index (χ0n) is 12.6. The highest BCUT2D eigenvalue weighted by Crippen LogP contribution is 2.33. The average molecular weight is 371 g/mol. The summed E-state index contributed by atoms with van der Waals surface area (Å²) in [5.74, 6) is 0. The molecule has 1 aliphatic rings. The molecule has 1 saturated heterocycles. The van der Waals surface area contributed by atoms with Crippen LogP contribution in [0.5, 0.6) is 0 Å². The van der Waals surface area contributed by atoms with Crippen LogP contribution in [-0.2, 0) is 4.74 Å². The van der Waals surface area contributed by atoms with Crippen molar-refractivity contribution in [3.8, 4) is 0 Å². The van der Waals surface area contributed by atoms with Crippen LogP contribution in [0, 0.1) is 0 Å². The van der Waals surface area contributed by atoms with E-state index in [4.69, 9.17) is 22.7 Å². The van der Waals surface area contributed by atoms with Crippen molar-refractivity contribution in [3.63, 3.8) is 0 Å². The van der Waals surface area contributed by atoms with Crippen molar-refractivity contribution in [1.82, 2.24) is 0 Å². The molecular weight excluding hydrogens is 348 g/mol. The number of nitrogens with one attached hydrogen (secondary N) is 1. The molecule has 3 N–H and O–H groups in total. The molecule has 5 heteroatoms. The quantitative estimate of drug-likeness (QED) is 0.761. The van der Waals surface area contributed by atoms with Gasteiger partial charge in [0.05, 0.1) is 5.60 Å². The van der Waals surface area contributed by atoms with Crippen molar-refractivity contribution in [2.45, 2.75) is 51.2 Å². The lowest BCUT2D eigenvalue weighted by atomic mass is 9.85. The molecule has 0 aromatic heterocycles. The van der Waals surface area contributed by atoms with Gasteiger partial charge < -0.3 is 15.8 Å². The first-order chi connectivity index (χ1) is 9.99. The summed E-state index contributed by atoms with van der Waals surface area (Å²) in [5, 5.41) is 3.62. The Kier molecular flexibility index (Phi) is 5.63. The van der Waals surface area contributed by atoms with E-state index in [0.717, 1.165) is 48.0 Å². The molecule has 3 nitrogen and oxygen atoms in total. The average Bonchev–Trinajstić information content (AvgIpc) is 2.47. The first-order valence-electron chi connectivity index (χ1n) is 7.49. The normalized spacial score (nSPS) is 21.0. The molecule has 0 spiro atoms. The van der Waals surface area contributed by atoms with Gasteiger partial charge in [-0.05, 0) is 43.9 Å². The third-order valence-electron chi connectivity index (χ3n) is 4.39. The Hall–Kier alpha value is -0.650. The van der Waals surface area contributed by atoms with Gasteiger partial charge in [-0.1, -0.05) is 42.0 Å². The molecule has 0 aliphatic carbocycles. The van der Waals surface area contributed by atoms with Crippen LogP contribution in [0.2, 0.25) is 0 Å². The number of rotatable bonds is 5. The second-order valence-corrected chi connectivity index (χ2v) is 6.98. The fraction of sp³-hybridized carbons (Fsp3) is 0.562. The highest BCUT2D eigenvalue weighted by Gasteiger charge is 2.34. The highest BCUT2D eigenvalue weighted by molar-refractivity contribution is 9.10. The number of hydrogen-bond acceptors (Lipinski definition) is 3. The van der Waals surface area contributed by atoms with Crippen LogP contribution in [0.1, 0.15) is 45.1 Å². The van der Waals surface area contributed by atoms with E-state index >= 15 is 0 Å². The monoisotopic (exact) mass is 370 g/mol. The third kappa shape index (κ3) is 3.96. The molecule has 1 heterocycles. The number of halogens is 1. The largest absolute Gasteiger partial charge is 0.389 e. The predicted octanol–water partition coefficient (Wildman–Crippen LogP) is 4.23. The fourth-order valence-electron chi connectivity index (χ4n) is 2.96. The van der Waals surface area contributed by atoms with Crippen molar-refractivity contribution in [2.75, 3.05) is 11.9 Å². The van der Waals surface area contributed by atoms with E-state index < -0.39 is 0 Å². The fourth-order valence-corrected chi connectivity index (χ4v) is 3.50. The maximum absolute atomic E-state index is 6.03. The summed E-state index contributed by atoms with van der Waals surface area (Å²) in [6.07, 6.45) is 4.11. The van der Waals surface area contributed by atoms with Crippen LogP contribution in [-0.4, -0.2) is 23.2 Å². The Morgan fingerprint density at radius 2 is 2.19 bits per heavy atom. The molecule has 0 amide bonds. The van der Waals surface area contributed by atoms with Gasteiger partial charge in [0.25, 0.3) is 0 Å². The van der Waals surface area contributed by atoms with Crippen LogP contribution in [0.15, 0.2) is 22.7 Å². The lowest BCUT2D eigenvalue weighted by Crippen LogP contribution is -2.43. The second kappa shape index (κ2) is 7.07. The summed E-state index contributed by atoms with van der Waals surface area (Å²) in [5.41, 5.74) is 7.74. The van der Waals surface area contributed by atoms with E-state index in [1.165, 1.54) is 0 Å². The Bertz CT molecular complexity index is 517. The van der Waals surface area contributed by atoms with E-state index in [1.807, 2.05) is 18.2 Å². The summed E-state index contributed by atoms with van der Waals surface area (Å²) in [7, 11) is 0. The van der Waals surface area contributed by atoms with Gasteiger partial charge in [0.2, 0.25) is 0 Å². The zero-order chi connectivity index (χ0) is 15.5. The minimum atomic E-state index is 0.00527. The zero-order valence-corrected chi connectivity index (χ0v) is 15.0. The molecule has 0 bridgehead atoms. The van der Waals surface area contributed by atoms with E-state index in [1.54, 1.807) is 0 Å². The number of anilines is 1. The predicted molar refractivity (Wildman–Crippen MR) is 95.9 cm³/mol. The smallest absolute Gasteiger partial charge is 0.106 e. The van der Waals surface area contributed by atoms with Crippen molar-refractivity contribution in [1.29, 1.82) is 0 Å². The van der Waals surface area contributed by atoms with Crippen LogP contribution >= 0.6 is 28.1 Å². The van der Waals surface area contributed by atoms with Gasteiger partial charge >= 0.3 is 0 Å². The summed E-state index contributed by atoms with van der Waals surface area (Å²) in [4.78, 5) is 0.425. The molecule has 1 aromatic rings. The Morgan fingerprint density at radius 1 is 1.48 bits per heavy atom. The Morgan fingerprint density at radius 3 is 2.81 bits per heavy atom. The maximum atomic E-state index is 6.03. The minimum absolute atomic E-state index is 0.00527. The Balaban J connectivity index is 2.18. The van der Waals surface area contributed by atoms with Gasteiger partial charge in [-0.25, -0.2) is 0 Å². The summed E-state index contributed by atoms with van der Waals surface area (Å²) >= 11 is 8.66. The highest BCUT2D eigenvalue weighted by atomic mass is 79.9. The molecule has 1 unspecified atom stereocenters. The van der Waals surface area contributed by atoms with Crippen molar-refractivity contribution < 1.29 is 4.74 Å². The van der Waals surface area contributed by atoms with Gasteiger partial charge in [-0.3, -0.25) is 0 Å². The molecule has 0 radical (unpaired) electrons. The first kappa shape index (κ1) is 16.7. The molecule has 1 aliphatic heterocycles. The lowest BCUT2D eigenvalue weighted by molar-refractivity contribution is -0.0864. The van der Waals surface area contributed by atoms with E-state index in [-0.39, 0.29) is 5.60 Å². The molecule has 1 aromatic carbocycles. The van der Waals surface area contributed by atoms with Crippen molar-refractivity contribution in [3.05, 3.63) is 28.2 Å². The van der Waals surface area contributed by atoms with Gasteiger partial charge in [0.1, 0.15) is 4.99 Å². The maximum Gasteiger partial charge on any atom is 0.106 e. The number of nitrogens with two attached hydrogens (primary N) is 1. The van der Waals surface area contributed by atoms with E-state index in [9.17, 15) is 0 Å². The first-order valence-corrected chi connectivity index (χ1v) is 8.69. The third-order valence-corrected chi connectivity index (χ3v) is 5.10. The minimum Gasteiger partial charge on any atom is -0.389 e. The number of hydrogen-bond donors (Lipinski definition) is 2. The number of ether oxygens (including phenoxy) is 1. The lowest BCUT2D eigenvalue weighted by Gasteiger charge is -2.40. The van der Waals surface area contributed by atoms with Crippen LogP contribution in [0.4, 0.5) is 5.69 Å². The van der Waals surface area contributed by atoms with Gasteiger partial charge in [-0.2, -0.15) is 0 Å². The van der Waals surface area contributed by atoms with Crippen LogP contribution in [0.3, 0.4) is 0 Å². The molecule has 1 atom stereocenters. The van der Waals surface area contributed by atoms with Crippen molar-refractivity contribution in [2.24, 2.45) is 5.73 Å². The molecule has 0 saturated carbocycles. The Labute approximate surface area is 140 Å². The second-order valence-electron chi connectivity index (χ2n) is 5.63. The SMILES string of the molecule is CCC1(CC)CC(Nc2cc(Br)ccc2C(N)=S)CCO1. The summed E-state index contributed by atoms with van der Waals surface area (Å²) < 4.78 is 7.06. The van der Waals surface area contributed by atoms with E-state index in [0.29, 0.717) is 11.0 Å². The summed E-state index contributed by atoms with van der Waals surface area (Å²) in [6, 6.07) is 6.36. The standard InChI is InChI=1S/C16H23BrN2OS/c1-3-16(4-2)10-12(7-8-20-16)19-14-9-11(17)5-6-13(14)15(18)21/h5-6,9,12,19H,3-4,7-8,10H2,1-2H3,(H2,18,21). The number of benzene rings is 1. The van der Waals surface area contributed by atoms with Gasteiger partial charge in [-0.15, -0.1) is 0 Å². The van der Waals surface area contributed by atoms with E-state index in [2.05, 4.69) is 35.1 Å². The number of thiocarbonyl (C=S) groups is 1. The molecule has 21 heavy (non-hydrogen) atoms. The van der Waals surface area contributed by atoms with Gasteiger partial charge in [0, 0.05) is 28.4 Å². The van der Waals surface area contributed by atoms with Crippen LogP contribution in [0.25, 0.3) is 0 Å². The van der Waals surface area contributed by atoms with Crippen molar-refractivity contribution >= 4 is 38.8 Å². The van der Waals surface area contributed by atoms with Gasteiger partial charge in [0.15, 0.2) is 0 Å². The molecular formula is C16H23BrN2OS. The molecule has 2 rings (SSSR count). The topological polar surface area (TPSA) is 47.3 Å². The summed E-state index contributed by atoms with van der Waals surface area (Å²) in [6.45, 7) is 5.20.